The van der Waals surface area contributed by atoms with Crippen molar-refractivity contribution in [1.82, 2.24) is 4.90 Å². The Morgan fingerprint density at radius 1 is 1.21 bits per heavy atom. The van der Waals surface area contributed by atoms with Crippen LogP contribution in [0.5, 0.6) is 11.5 Å². The van der Waals surface area contributed by atoms with Crippen molar-refractivity contribution in [2.24, 2.45) is 0 Å². The zero-order valence-corrected chi connectivity index (χ0v) is 16.8. The number of thioether (sulfide) groups is 1. The molecule has 1 amide bonds. The van der Waals surface area contributed by atoms with E-state index in [1.807, 2.05) is 6.07 Å². The first-order valence-corrected chi connectivity index (χ1v) is 9.95. The Morgan fingerprint density at radius 3 is 2.62 bits per heavy atom. The van der Waals surface area contributed by atoms with Gasteiger partial charge in [0.15, 0.2) is 0 Å². The number of thiocarbonyl (C=S) groups is 1. The number of para-hydroxylation sites is 2. The SMILES string of the molecule is N#Cc1ccccc1Oc1ccccc1/C=C1\SC(=S)N(CCCC(=O)O)C1=O. The predicted octanol–water partition coefficient (Wildman–Crippen LogP) is 4.42. The Kier molecular flexibility index (Phi) is 6.65. The first kappa shape index (κ1) is 20.6. The summed E-state index contributed by atoms with van der Waals surface area (Å²) in [5.74, 6) is -0.226. The summed E-state index contributed by atoms with van der Waals surface area (Å²) in [6, 6.07) is 16.2. The largest absolute Gasteiger partial charge is 0.481 e. The quantitative estimate of drug-likeness (QED) is 0.520. The molecule has 0 aromatic heterocycles. The number of carbonyl (C=O) groups excluding carboxylic acids is 1. The van der Waals surface area contributed by atoms with Gasteiger partial charge in [-0.05, 0) is 30.7 Å². The molecule has 3 rings (SSSR count). The van der Waals surface area contributed by atoms with E-state index in [1.165, 1.54) is 16.7 Å². The molecule has 0 radical (unpaired) electrons. The van der Waals surface area contributed by atoms with Gasteiger partial charge in [-0.25, -0.2) is 0 Å². The molecule has 1 aliphatic rings. The van der Waals surface area contributed by atoms with Crippen LogP contribution in [0.25, 0.3) is 6.08 Å². The number of nitriles is 1. The Morgan fingerprint density at radius 2 is 1.90 bits per heavy atom. The summed E-state index contributed by atoms with van der Waals surface area (Å²) in [5, 5.41) is 18.0. The maximum absolute atomic E-state index is 12.7. The molecule has 0 unspecified atom stereocenters. The van der Waals surface area contributed by atoms with Gasteiger partial charge in [-0.2, -0.15) is 5.26 Å². The van der Waals surface area contributed by atoms with Crippen LogP contribution in [0.4, 0.5) is 0 Å². The number of carboxylic acids is 1. The molecule has 0 atom stereocenters. The predicted molar refractivity (Wildman–Crippen MR) is 114 cm³/mol. The minimum atomic E-state index is -0.908. The Bertz CT molecular complexity index is 1040. The molecule has 1 fully saturated rings. The molecule has 0 saturated carbocycles. The Labute approximate surface area is 177 Å². The van der Waals surface area contributed by atoms with E-state index in [2.05, 4.69) is 6.07 Å². The van der Waals surface area contributed by atoms with Gasteiger partial charge in [0.05, 0.1) is 10.5 Å². The van der Waals surface area contributed by atoms with E-state index in [-0.39, 0.29) is 18.9 Å². The topological polar surface area (TPSA) is 90.6 Å². The highest BCUT2D eigenvalue weighted by Gasteiger charge is 2.31. The summed E-state index contributed by atoms with van der Waals surface area (Å²) < 4.78 is 6.33. The summed E-state index contributed by atoms with van der Waals surface area (Å²) in [7, 11) is 0. The Balaban J connectivity index is 1.82. The number of amides is 1. The molecule has 1 saturated heterocycles. The molecule has 29 heavy (non-hydrogen) atoms. The van der Waals surface area contributed by atoms with E-state index < -0.39 is 5.97 Å². The van der Waals surface area contributed by atoms with Crippen molar-refractivity contribution in [3.63, 3.8) is 0 Å². The maximum Gasteiger partial charge on any atom is 0.303 e. The van der Waals surface area contributed by atoms with Gasteiger partial charge in [0.1, 0.15) is 21.9 Å². The average molecular weight is 425 g/mol. The third-order valence-corrected chi connectivity index (χ3v) is 5.46. The molecule has 6 nitrogen and oxygen atoms in total. The lowest BCUT2D eigenvalue weighted by Crippen LogP contribution is -2.29. The molecule has 2 aromatic carbocycles. The number of benzene rings is 2. The second-order valence-corrected chi connectivity index (χ2v) is 7.75. The number of carbonyl (C=O) groups is 2. The third-order valence-electron chi connectivity index (χ3n) is 4.08. The lowest BCUT2D eigenvalue weighted by molar-refractivity contribution is -0.137. The van der Waals surface area contributed by atoms with Crippen LogP contribution in [-0.2, 0) is 9.59 Å². The van der Waals surface area contributed by atoms with E-state index in [0.717, 1.165) is 0 Å². The number of hydrogen-bond acceptors (Lipinski definition) is 6. The summed E-state index contributed by atoms with van der Waals surface area (Å²) in [6.45, 7) is 0.266. The number of ether oxygens (including phenoxy) is 1. The van der Waals surface area contributed by atoms with Gasteiger partial charge >= 0.3 is 5.97 Å². The van der Waals surface area contributed by atoms with Crippen LogP contribution in [0.3, 0.4) is 0 Å². The van der Waals surface area contributed by atoms with Crippen LogP contribution >= 0.6 is 24.0 Å². The minimum Gasteiger partial charge on any atom is -0.481 e. The molecule has 146 valence electrons. The average Bonchev–Trinajstić information content (AvgIpc) is 2.97. The van der Waals surface area contributed by atoms with Crippen molar-refractivity contribution >= 4 is 46.3 Å². The lowest BCUT2D eigenvalue weighted by Gasteiger charge is -2.13. The fraction of sp³-hybridized carbons (Fsp3) is 0.143. The van der Waals surface area contributed by atoms with Crippen LogP contribution < -0.4 is 4.74 Å². The first-order chi connectivity index (χ1) is 14.0. The van der Waals surface area contributed by atoms with Crippen LogP contribution in [0.2, 0.25) is 0 Å². The molecule has 8 heteroatoms. The molecular formula is C21H16N2O4S2. The molecule has 1 N–H and O–H groups in total. The van der Waals surface area contributed by atoms with Crippen LogP contribution in [0.15, 0.2) is 53.4 Å². The van der Waals surface area contributed by atoms with E-state index in [4.69, 9.17) is 22.1 Å². The molecule has 1 aliphatic heterocycles. The van der Waals surface area contributed by atoms with Gasteiger partial charge in [-0.15, -0.1) is 0 Å². The molecule has 0 bridgehead atoms. The first-order valence-electron chi connectivity index (χ1n) is 8.73. The normalized spacial score (nSPS) is 14.9. The van der Waals surface area contributed by atoms with Gasteiger partial charge < -0.3 is 9.84 Å². The van der Waals surface area contributed by atoms with Gasteiger partial charge in [-0.3, -0.25) is 14.5 Å². The highest BCUT2D eigenvalue weighted by atomic mass is 32.2. The van der Waals surface area contributed by atoms with Crippen LogP contribution in [0.1, 0.15) is 24.0 Å². The summed E-state index contributed by atoms with van der Waals surface area (Å²) in [5.41, 5.74) is 1.08. The number of rotatable bonds is 7. The lowest BCUT2D eigenvalue weighted by atomic mass is 10.1. The number of aliphatic carboxylic acids is 1. The van der Waals surface area contributed by atoms with Crippen molar-refractivity contribution in [3.05, 3.63) is 64.6 Å². The van der Waals surface area contributed by atoms with Crippen molar-refractivity contribution in [1.29, 1.82) is 5.26 Å². The van der Waals surface area contributed by atoms with E-state index >= 15 is 0 Å². The zero-order chi connectivity index (χ0) is 20.8. The van der Waals surface area contributed by atoms with Gasteiger partial charge in [0.2, 0.25) is 0 Å². The van der Waals surface area contributed by atoms with Crippen molar-refractivity contribution in [2.45, 2.75) is 12.8 Å². The second kappa shape index (κ2) is 9.37. The van der Waals surface area contributed by atoms with Gasteiger partial charge in [0.25, 0.3) is 5.91 Å². The van der Waals surface area contributed by atoms with Crippen LogP contribution in [-0.4, -0.2) is 32.7 Å². The van der Waals surface area contributed by atoms with E-state index in [1.54, 1.807) is 48.5 Å². The highest BCUT2D eigenvalue weighted by Crippen LogP contribution is 2.35. The smallest absolute Gasteiger partial charge is 0.303 e. The van der Waals surface area contributed by atoms with E-state index in [9.17, 15) is 14.9 Å². The fourth-order valence-electron chi connectivity index (χ4n) is 2.68. The van der Waals surface area contributed by atoms with Crippen molar-refractivity contribution < 1.29 is 19.4 Å². The summed E-state index contributed by atoms with van der Waals surface area (Å²) >= 11 is 6.44. The molecule has 2 aromatic rings. The standard InChI is InChI=1S/C21H16N2O4S2/c22-13-15-7-2-4-9-17(15)27-16-8-3-1-6-14(16)12-18-20(26)23(21(28)29-18)11-5-10-19(24)25/h1-4,6-9,12H,5,10-11H2,(H,24,25)/b18-12-. The monoisotopic (exact) mass is 424 g/mol. The van der Waals surface area contributed by atoms with Gasteiger partial charge in [0, 0.05) is 18.5 Å². The molecule has 1 heterocycles. The fourth-order valence-corrected chi connectivity index (χ4v) is 3.98. The Hall–Kier alpha value is -3.15. The number of carboxylic acid groups (broad SMARTS) is 1. The molecular weight excluding hydrogens is 408 g/mol. The number of hydrogen-bond donors (Lipinski definition) is 1. The molecule has 0 spiro atoms. The van der Waals surface area contributed by atoms with E-state index in [0.29, 0.717) is 38.3 Å². The zero-order valence-electron chi connectivity index (χ0n) is 15.2. The number of nitrogens with zero attached hydrogens (tertiary/aromatic N) is 2. The summed E-state index contributed by atoms with van der Waals surface area (Å²) in [4.78, 5) is 25.2. The van der Waals surface area contributed by atoms with Crippen molar-refractivity contribution in [3.8, 4) is 17.6 Å². The van der Waals surface area contributed by atoms with Crippen molar-refractivity contribution in [2.75, 3.05) is 6.54 Å². The van der Waals surface area contributed by atoms with Crippen LogP contribution in [0, 0.1) is 11.3 Å². The summed E-state index contributed by atoms with van der Waals surface area (Å²) in [6.07, 6.45) is 2.01. The maximum atomic E-state index is 12.7. The van der Waals surface area contributed by atoms with Gasteiger partial charge in [-0.1, -0.05) is 54.3 Å². The second-order valence-electron chi connectivity index (χ2n) is 6.08. The highest BCUT2D eigenvalue weighted by molar-refractivity contribution is 8.26. The third kappa shape index (κ3) is 5.02. The minimum absolute atomic E-state index is 0.0227. The molecule has 0 aliphatic carbocycles.